The first kappa shape index (κ1) is 14.0. The minimum Gasteiger partial charge on any atom is -0.508 e. The van der Waals surface area contributed by atoms with E-state index in [1.165, 1.54) is 0 Å². The third-order valence-electron chi connectivity index (χ3n) is 3.40. The summed E-state index contributed by atoms with van der Waals surface area (Å²) in [5, 5.41) is 12.8. The predicted octanol–water partition coefficient (Wildman–Crippen LogP) is 4.49. The summed E-state index contributed by atoms with van der Waals surface area (Å²) in [5.74, 6) is 0.269. The molecule has 2 heteroatoms. The molecule has 0 saturated heterocycles. The Hall–Kier alpha value is -3.00. The van der Waals surface area contributed by atoms with Gasteiger partial charge in [-0.1, -0.05) is 54.6 Å². The number of rotatable bonds is 3. The molecule has 0 aromatic heterocycles. The van der Waals surface area contributed by atoms with Gasteiger partial charge in [0.15, 0.2) is 0 Å². The molecule has 0 radical (unpaired) electrons. The quantitative estimate of drug-likeness (QED) is 0.815. The molecular formula is C20H17NO. The van der Waals surface area contributed by atoms with Gasteiger partial charge in [-0.2, -0.15) is 0 Å². The number of hydrogen-bond acceptors (Lipinski definition) is 2. The number of phenols is 1. The van der Waals surface area contributed by atoms with E-state index in [-0.39, 0.29) is 5.75 Å². The molecule has 2 N–H and O–H groups in total. The second-order valence-corrected chi connectivity index (χ2v) is 4.98. The summed E-state index contributed by atoms with van der Waals surface area (Å²) in [6.45, 7) is 0. The highest BCUT2D eigenvalue weighted by Crippen LogP contribution is 2.26. The monoisotopic (exact) mass is 287 g/mol. The van der Waals surface area contributed by atoms with Crippen LogP contribution in [-0.2, 0) is 0 Å². The Morgan fingerprint density at radius 1 is 0.864 bits per heavy atom. The van der Waals surface area contributed by atoms with Crippen LogP contribution in [0.4, 0.5) is 0 Å². The Morgan fingerprint density at radius 2 is 1.64 bits per heavy atom. The van der Waals surface area contributed by atoms with E-state index >= 15 is 0 Å². The Bertz CT molecular complexity index is 750. The van der Waals surface area contributed by atoms with Gasteiger partial charge in [-0.3, -0.25) is 0 Å². The molecule has 3 rings (SSSR count). The fourth-order valence-electron chi connectivity index (χ4n) is 2.30. The highest BCUT2D eigenvalue weighted by atomic mass is 16.3. The van der Waals surface area contributed by atoms with Crippen molar-refractivity contribution in [2.45, 2.75) is 0 Å². The molecule has 2 aromatic rings. The average Bonchev–Trinajstić information content (AvgIpc) is 2.84. The zero-order valence-electron chi connectivity index (χ0n) is 12.1. The van der Waals surface area contributed by atoms with Gasteiger partial charge in [-0.25, -0.2) is 0 Å². The second-order valence-electron chi connectivity index (χ2n) is 4.98. The smallest absolute Gasteiger partial charge is 0.115 e. The highest BCUT2D eigenvalue weighted by Gasteiger charge is 2.08. The van der Waals surface area contributed by atoms with Gasteiger partial charge in [0, 0.05) is 17.5 Å². The van der Waals surface area contributed by atoms with Gasteiger partial charge in [-0.05, 0) is 41.5 Å². The highest BCUT2D eigenvalue weighted by molar-refractivity contribution is 5.91. The lowest BCUT2D eigenvalue weighted by Crippen LogP contribution is -2.06. The zero-order valence-corrected chi connectivity index (χ0v) is 12.1. The molecule has 2 aromatic carbocycles. The molecule has 0 saturated carbocycles. The largest absolute Gasteiger partial charge is 0.508 e. The fraction of sp³-hybridized carbons (Fsp3) is 0. The Balaban J connectivity index is 2.08. The first-order valence-electron chi connectivity index (χ1n) is 7.19. The van der Waals surface area contributed by atoms with Crippen LogP contribution < -0.4 is 5.32 Å². The van der Waals surface area contributed by atoms with Crippen LogP contribution in [0.15, 0.2) is 90.8 Å². The number of aromatic hydroxyl groups is 1. The first-order chi connectivity index (χ1) is 10.8. The van der Waals surface area contributed by atoms with Crippen molar-refractivity contribution in [3.05, 3.63) is 102 Å². The van der Waals surface area contributed by atoms with Gasteiger partial charge in [0.2, 0.25) is 0 Å². The predicted molar refractivity (Wildman–Crippen MR) is 91.9 cm³/mol. The van der Waals surface area contributed by atoms with E-state index in [4.69, 9.17) is 0 Å². The lowest BCUT2D eigenvalue weighted by molar-refractivity contribution is 0.475. The number of benzene rings is 2. The molecule has 0 fully saturated rings. The number of hydrogen-bond donors (Lipinski definition) is 2. The van der Waals surface area contributed by atoms with E-state index in [0.29, 0.717) is 0 Å². The minimum atomic E-state index is 0.269. The molecule has 0 aliphatic carbocycles. The molecule has 0 unspecified atom stereocenters. The van der Waals surface area contributed by atoms with Crippen molar-refractivity contribution < 1.29 is 5.11 Å². The molecule has 108 valence electrons. The summed E-state index contributed by atoms with van der Waals surface area (Å²) in [7, 11) is 0. The fourth-order valence-corrected chi connectivity index (χ4v) is 2.30. The van der Waals surface area contributed by atoms with Gasteiger partial charge < -0.3 is 10.4 Å². The average molecular weight is 287 g/mol. The van der Waals surface area contributed by atoms with Crippen LogP contribution in [0.2, 0.25) is 0 Å². The minimum absolute atomic E-state index is 0.269. The van der Waals surface area contributed by atoms with E-state index in [2.05, 4.69) is 23.5 Å². The van der Waals surface area contributed by atoms with Crippen LogP contribution in [0.5, 0.6) is 5.75 Å². The number of phenolic OH excluding ortho intramolecular Hbond substituents is 1. The van der Waals surface area contributed by atoms with E-state index < -0.39 is 0 Å². The Labute approximate surface area is 130 Å². The summed E-state index contributed by atoms with van der Waals surface area (Å²) in [6.07, 6.45) is 12.0. The molecule has 2 nitrogen and oxygen atoms in total. The maximum atomic E-state index is 9.51. The molecule has 0 bridgehead atoms. The normalized spacial score (nSPS) is 14.2. The molecule has 0 atom stereocenters. The summed E-state index contributed by atoms with van der Waals surface area (Å²) in [6, 6.07) is 17.5. The van der Waals surface area contributed by atoms with Crippen molar-refractivity contribution in [1.82, 2.24) is 5.32 Å². The summed E-state index contributed by atoms with van der Waals surface area (Å²) >= 11 is 0. The van der Waals surface area contributed by atoms with Gasteiger partial charge >= 0.3 is 0 Å². The van der Waals surface area contributed by atoms with E-state index in [1.807, 2.05) is 60.8 Å². The van der Waals surface area contributed by atoms with Crippen LogP contribution in [0.3, 0.4) is 0 Å². The summed E-state index contributed by atoms with van der Waals surface area (Å²) < 4.78 is 0. The molecule has 1 heterocycles. The van der Waals surface area contributed by atoms with Crippen molar-refractivity contribution in [3.8, 4) is 5.75 Å². The topological polar surface area (TPSA) is 32.3 Å². The van der Waals surface area contributed by atoms with Crippen molar-refractivity contribution in [2.75, 3.05) is 0 Å². The standard InChI is InChI=1S/C20H17NO/c22-18-12-10-17(11-13-18)19(15-16-7-3-1-4-8-16)20-9-5-2-6-14-21-20/h1-15,21-22H. The molecule has 22 heavy (non-hydrogen) atoms. The Kier molecular flexibility index (Phi) is 4.21. The van der Waals surface area contributed by atoms with Crippen LogP contribution in [0, 0.1) is 0 Å². The van der Waals surface area contributed by atoms with Crippen molar-refractivity contribution in [3.63, 3.8) is 0 Å². The van der Waals surface area contributed by atoms with Crippen LogP contribution >= 0.6 is 0 Å². The van der Waals surface area contributed by atoms with Crippen molar-refractivity contribution in [2.24, 2.45) is 0 Å². The third-order valence-corrected chi connectivity index (χ3v) is 3.40. The summed E-state index contributed by atoms with van der Waals surface area (Å²) in [4.78, 5) is 0. The zero-order chi connectivity index (χ0) is 15.2. The number of allylic oxidation sites excluding steroid dienone is 5. The lowest BCUT2D eigenvalue weighted by Gasteiger charge is -2.13. The van der Waals surface area contributed by atoms with Crippen molar-refractivity contribution >= 4 is 11.6 Å². The van der Waals surface area contributed by atoms with Gasteiger partial charge in [0.05, 0.1) is 0 Å². The maximum absolute atomic E-state index is 9.51. The lowest BCUT2D eigenvalue weighted by atomic mass is 9.99. The first-order valence-corrected chi connectivity index (χ1v) is 7.19. The second kappa shape index (κ2) is 6.64. The Morgan fingerprint density at radius 3 is 2.41 bits per heavy atom. The summed E-state index contributed by atoms with van der Waals surface area (Å²) in [5.41, 5.74) is 4.26. The SMILES string of the molecule is Oc1ccc(C(=Cc2ccccc2)C2=CC=CC=CN2)cc1. The van der Waals surface area contributed by atoms with E-state index in [9.17, 15) is 5.11 Å². The van der Waals surface area contributed by atoms with Crippen LogP contribution in [0.25, 0.3) is 11.6 Å². The van der Waals surface area contributed by atoms with Gasteiger partial charge in [0.25, 0.3) is 0 Å². The molecule has 1 aliphatic rings. The van der Waals surface area contributed by atoms with Crippen molar-refractivity contribution in [1.29, 1.82) is 0 Å². The maximum Gasteiger partial charge on any atom is 0.115 e. The van der Waals surface area contributed by atoms with Crippen LogP contribution in [0.1, 0.15) is 11.1 Å². The van der Waals surface area contributed by atoms with E-state index in [0.717, 1.165) is 22.4 Å². The van der Waals surface area contributed by atoms with E-state index in [1.54, 1.807) is 12.1 Å². The molecular weight excluding hydrogens is 270 g/mol. The molecule has 1 aliphatic heterocycles. The molecule has 0 amide bonds. The third kappa shape index (κ3) is 3.36. The molecule has 0 spiro atoms. The van der Waals surface area contributed by atoms with Gasteiger partial charge in [0.1, 0.15) is 5.75 Å². The van der Waals surface area contributed by atoms with Crippen LogP contribution in [-0.4, -0.2) is 5.11 Å². The van der Waals surface area contributed by atoms with Gasteiger partial charge in [-0.15, -0.1) is 0 Å². The number of nitrogens with one attached hydrogen (secondary N) is 1.